The summed E-state index contributed by atoms with van der Waals surface area (Å²) in [4.78, 5) is 33.0. The first-order valence-electron chi connectivity index (χ1n) is 9.12. The molecule has 0 saturated carbocycles. The van der Waals surface area contributed by atoms with E-state index in [2.05, 4.69) is 11.8 Å². The van der Waals surface area contributed by atoms with E-state index in [1.54, 1.807) is 0 Å². The van der Waals surface area contributed by atoms with Crippen LogP contribution in [0.1, 0.15) is 45.4 Å². The van der Waals surface area contributed by atoms with Crippen molar-refractivity contribution < 1.29 is 35.4 Å². The molecule has 2 rings (SSSR count). The van der Waals surface area contributed by atoms with E-state index in [9.17, 15) is 19.5 Å². The molecule has 5 unspecified atom stereocenters. The molecule has 7 nitrogen and oxygen atoms in total. The van der Waals surface area contributed by atoms with Gasteiger partial charge in [0.2, 0.25) is 0 Å². The predicted molar refractivity (Wildman–Crippen MR) is 93.1 cm³/mol. The van der Waals surface area contributed by atoms with E-state index in [1.165, 1.54) is 5.57 Å². The highest BCUT2D eigenvalue weighted by molar-refractivity contribution is 5.73. The topological polar surface area (TPSA) is 140 Å². The van der Waals surface area contributed by atoms with Crippen molar-refractivity contribution in [2.45, 2.75) is 51.5 Å². The van der Waals surface area contributed by atoms with Crippen LogP contribution in [0.3, 0.4) is 0 Å². The van der Waals surface area contributed by atoms with Gasteiger partial charge in [-0.1, -0.05) is 30.2 Å². The highest BCUT2D eigenvalue weighted by atomic mass is 16.4. The Hall–Kier alpha value is -2.15. The molecule has 2 aliphatic carbocycles. The van der Waals surface area contributed by atoms with Crippen LogP contribution in [0.4, 0.5) is 0 Å². The number of rotatable bonds is 13. The Balaban J connectivity index is 1.71. The number of carbonyl (C=O) groups is 3. The van der Waals surface area contributed by atoms with Crippen molar-refractivity contribution in [2.75, 3.05) is 0 Å². The van der Waals surface area contributed by atoms with Gasteiger partial charge < -0.3 is 21.1 Å². The molecule has 0 bridgehead atoms. The second kappa shape index (κ2) is 8.49. The molecule has 0 aromatic rings. The second-order valence-corrected chi connectivity index (χ2v) is 7.50. The zero-order valence-electron chi connectivity index (χ0n) is 15.1. The summed E-state index contributed by atoms with van der Waals surface area (Å²) in [7, 11) is 0. The van der Waals surface area contributed by atoms with Gasteiger partial charge in [0.15, 0.2) is 6.04 Å². The Morgan fingerprint density at radius 3 is 2.12 bits per heavy atom. The molecule has 6 N–H and O–H groups in total. The quantitative estimate of drug-likeness (QED) is 0.365. The summed E-state index contributed by atoms with van der Waals surface area (Å²) in [5.74, 6) is -2.46. The standard InChI is InChI=1S/C19H27NO6/c1-10(2-7-17(21)22)14-8-11(14)3-5-13(18(23)24)15-9-12(15)4-6-16(20)19(25)26/h8-10,13-16H,2-7,20H2,1H3,(H,21,22)(H,23,24)(H,25,26)/p+1. The molecule has 0 aromatic carbocycles. The van der Waals surface area contributed by atoms with Crippen molar-refractivity contribution in [1.29, 1.82) is 0 Å². The van der Waals surface area contributed by atoms with E-state index in [4.69, 9.17) is 10.2 Å². The van der Waals surface area contributed by atoms with Crippen LogP contribution in [0.15, 0.2) is 23.3 Å². The third-order valence-electron chi connectivity index (χ3n) is 5.48. The first kappa shape index (κ1) is 20.2. The van der Waals surface area contributed by atoms with E-state index >= 15 is 0 Å². The first-order chi connectivity index (χ1) is 12.2. The highest BCUT2D eigenvalue weighted by Gasteiger charge is 2.39. The van der Waals surface area contributed by atoms with Gasteiger partial charge in [-0.05, 0) is 31.6 Å². The molecule has 7 heteroatoms. The van der Waals surface area contributed by atoms with Gasteiger partial charge >= 0.3 is 17.9 Å². The van der Waals surface area contributed by atoms with Crippen molar-refractivity contribution in [1.82, 2.24) is 0 Å². The Kier molecular flexibility index (Phi) is 6.58. The summed E-state index contributed by atoms with van der Waals surface area (Å²) >= 11 is 0. The molecule has 2 aliphatic rings. The number of carboxylic acids is 3. The summed E-state index contributed by atoms with van der Waals surface area (Å²) in [6.45, 7) is 2.03. The highest BCUT2D eigenvalue weighted by Crippen LogP contribution is 2.45. The molecule has 0 aliphatic heterocycles. The summed E-state index contributed by atoms with van der Waals surface area (Å²) in [5.41, 5.74) is 5.84. The van der Waals surface area contributed by atoms with E-state index in [0.29, 0.717) is 31.6 Å². The molecule has 144 valence electrons. The van der Waals surface area contributed by atoms with Crippen LogP contribution < -0.4 is 5.73 Å². The Morgan fingerprint density at radius 2 is 1.54 bits per heavy atom. The van der Waals surface area contributed by atoms with Gasteiger partial charge in [0, 0.05) is 24.7 Å². The van der Waals surface area contributed by atoms with Gasteiger partial charge in [-0.3, -0.25) is 9.59 Å². The van der Waals surface area contributed by atoms with Crippen LogP contribution >= 0.6 is 0 Å². The van der Waals surface area contributed by atoms with Crippen LogP contribution in [0.5, 0.6) is 0 Å². The molecular weight excluding hydrogens is 338 g/mol. The Morgan fingerprint density at radius 1 is 0.962 bits per heavy atom. The number of aliphatic carboxylic acids is 3. The molecule has 5 atom stereocenters. The van der Waals surface area contributed by atoms with Gasteiger partial charge in [0.1, 0.15) is 0 Å². The van der Waals surface area contributed by atoms with E-state index in [1.807, 2.05) is 13.0 Å². The van der Waals surface area contributed by atoms with Crippen LogP contribution in [0.2, 0.25) is 0 Å². The van der Waals surface area contributed by atoms with E-state index in [0.717, 1.165) is 12.0 Å². The molecule has 0 spiro atoms. The van der Waals surface area contributed by atoms with Crippen LogP contribution in [0, 0.1) is 23.7 Å². The van der Waals surface area contributed by atoms with Crippen molar-refractivity contribution >= 4 is 17.9 Å². The lowest BCUT2D eigenvalue weighted by Gasteiger charge is -2.14. The van der Waals surface area contributed by atoms with Gasteiger partial charge in [0.25, 0.3) is 0 Å². The maximum atomic E-state index is 11.6. The average molecular weight is 366 g/mol. The first-order valence-corrected chi connectivity index (χ1v) is 9.12. The van der Waals surface area contributed by atoms with Crippen LogP contribution in [-0.2, 0) is 14.4 Å². The third kappa shape index (κ3) is 5.69. The van der Waals surface area contributed by atoms with Gasteiger partial charge in [-0.25, -0.2) is 4.79 Å². The smallest absolute Gasteiger partial charge is 0.362 e. The van der Waals surface area contributed by atoms with Crippen molar-refractivity contribution in [2.24, 2.45) is 23.7 Å². The summed E-state index contributed by atoms with van der Waals surface area (Å²) in [6, 6.07) is -0.662. The zero-order valence-corrected chi connectivity index (χ0v) is 15.1. The molecule has 0 radical (unpaired) electrons. The minimum absolute atomic E-state index is 0.0595. The number of allylic oxidation sites excluding steroid dienone is 4. The number of hydrogen-bond acceptors (Lipinski definition) is 3. The van der Waals surface area contributed by atoms with Gasteiger partial charge in [-0.2, -0.15) is 0 Å². The SMILES string of the molecule is CC(CCC(=O)O)C1C=C1CCC(C(=O)O)C1C=C1CCC([NH3+])C(=O)O. The van der Waals surface area contributed by atoms with Gasteiger partial charge in [0.05, 0.1) is 5.92 Å². The molecule has 0 saturated heterocycles. The molecule has 0 aromatic heterocycles. The Labute approximate surface area is 152 Å². The Bertz CT molecular complexity index is 638. The largest absolute Gasteiger partial charge is 0.481 e. The van der Waals surface area contributed by atoms with Crippen molar-refractivity contribution in [3.8, 4) is 0 Å². The predicted octanol–water partition coefficient (Wildman–Crippen LogP) is 1.56. The molecule has 26 heavy (non-hydrogen) atoms. The lowest BCUT2D eigenvalue weighted by atomic mass is 9.90. The molecular formula is C19H28NO6+. The van der Waals surface area contributed by atoms with Crippen molar-refractivity contribution in [3.05, 3.63) is 23.3 Å². The number of hydrogen-bond donors (Lipinski definition) is 4. The summed E-state index contributed by atoms with van der Waals surface area (Å²) < 4.78 is 0. The lowest BCUT2D eigenvalue weighted by molar-refractivity contribution is -0.408. The summed E-state index contributed by atoms with van der Waals surface area (Å²) in [5, 5.41) is 27.1. The maximum Gasteiger partial charge on any atom is 0.362 e. The molecule has 0 heterocycles. The molecule has 0 amide bonds. The monoisotopic (exact) mass is 366 g/mol. The minimum atomic E-state index is -0.929. The van der Waals surface area contributed by atoms with E-state index in [-0.39, 0.29) is 18.3 Å². The zero-order chi connectivity index (χ0) is 19.4. The maximum absolute atomic E-state index is 11.6. The lowest BCUT2D eigenvalue weighted by Crippen LogP contribution is -2.64. The van der Waals surface area contributed by atoms with Crippen LogP contribution in [0.25, 0.3) is 0 Å². The number of carboxylic acid groups (broad SMARTS) is 3. The van der Waals surface area contributed by atoms with E-state index < -0.39 is 29.9 Å². The van der Waals surface area contributed by atoms with Gasteiger partial charge in [-0.15, -0.1) is 0 Å². The van der Waals surface area contributed by atoms with Crippen LogP contribution in [-0.4, -0.2) is 39.3 Å². The third-order valence-corrected chi connectivity index (χ3v) is 5.48. The second-order valence-electron chi connectivity index (χ2n) is 7.50. The average Bonchev–Trinajstić information content (AvgIpc) is 3.46. The fourth-order valence-electron chi connectivity index (χ4n) is 3.54. The minimum Gasteiger partial charge on any atom is -0.481 e. The van der Waals surface area contributed by atoms with Crippen molar-refractivity contribution in [3.63, 3.8) is 0 Å². The number of quaternary nitrogens is 1. The normalized spacial score (nSPS) is 24.1. The molecule has 0 fully saturated rings. The fraction of sp³-hybridized carbons (Fsp3) is 0.632. The fourth-order valence-corrected chi connectivity index (χ4v) is 3.54. The summed E-state index contributed by atoms with van der Waals surface area (Å²) in [6.07, 6.45) is 7.14.